The van der Waals surface area contributed by atoms with Crippen molar-refractivity contribution >= 4 is 17.3 Å². The van der Waals surface area contributed by atoms with Crippen molar-refractivity contribution in [1.29, 1.82) is 5.26 Å². The van der Waals surface area contributed by atoms with E-state index in [1.165, 1.54) is 12.4 Å². The van der Waals surface area contributed by atoms with Gasteiger partial charge in [0.1, 0.15) is 29.8 Å². The quantitative estimate of drug-likeness (QED) is 0.923. The largest absolute Gasteiger partial charge is 0.366 e. The number of hydrogen-bond acceptors (Lipinski definition) is 6. The number of piperidine rings is 1. The minimum Gasteiger partial charge on any atom is -0.366 e. The van der Waals surface area contributed by atoms with Gasteiger partial charge in [0.25, 0.3) is 0 Å². The van der Waals surface area contributed by atoms with Gasteiger partial charge in [-0.25, -0.2) is 14.4 Å². The Morgan fingerprint density at radius 1 is 1.36 bits per heavy atom. The van der Waals surface area contributed by atoms with Gasteiger partial charge in [0, 0.05) is 39.3 Å². The van der Waals surface area contributed by atoms with Crippen molar-refractivity contribution in [3.63, 3.8) is 0 Å². The molecular formula is C18H21FN6. The first-order valence-corrected chi connectivity index (χ1v) is 8.28. The van der Waals surface area contributed by atoms with Gasteiger partial charge in [0.05, 0.1) is 11.3 Å². The molecule has 1 aliphatic heterocycles. The summed E-state index contributed by atoms with van der Waals surface area (Å²) in [6.07, 6.45) is 3.42. The van der Waals surface area contributed by atoms with Crippen LogP contribution in [0, 0.1) is 17.1 Å². The van der Waals surface area contributed by atoms with Crippen LogP contribution >= 0.6 is 0 Å². The van der Waals surface area contributed by atoms with E-state index in [0.29, 0.717) is 17.8 Å². The lowest BCUT2D eigenvalue weighted by atomic mass is 10.0. The van der Waals surface area contributed by atoms with Crippen LogP contribution in [0.4, 0.5) is 21.7 Å². The van der Waals surface area contributed by atoms with Crippen molar-refractivity contribution in [3.05, 3.63) is 42.0 Å². The molecule has 1 N–H and O–H groups in total. The molecule has 0 aliphatic carbocycles. The van der Waals surface area contributed by atoms with Gasteiger partial charge in [-0.3, -0.25) is 0 Å². The van der Waals surface area contributed by atoms with Crippen LogP contribution in [0.3, 0.4) is 0 Å². The molecule has 1 unspecified atom stereocenters. The number of nitriles is 1. The lowest BCUT2D eigenvalue weighted by Gasteiger charge is -2.35. The molecule has 2 heterocycles. The molecule has 3 rings (SSSR count). The molecule has 0 amide bonds. The summed E-state index contributed by atoms with van der Waals surface area (Å²) in [5, 5.41) is 12.7. The van der Waals surface area contributed by atoms with Crippen molar-refractivity contribution in [3.8, 4) is 6.07 Å². The maximum Gasteiger partial charge on any atom is 0.147 e. The molecular weight excluding hydrogens is 319 g/mol. The van der Waals surface area contributed by atoms with E-state index in [-0.39, 0.29) is 11.9 Å². The summed E-state index contributed by atoms with van der Waals surface area (Å²) in [4.78, 5) is 12.3. The third-order valence-corrected chi connectivity index (χ3v) is 4.31. The maximum absolute atomic E-state index is 14.3. The van der Waals surface area contributed by atoms with Gasteiger partial charge in [-0.1, -0.05) is 6.07 Å². The fraction of sp³-hybridized carbons (Fsp3) is 0.389. The Morgan fingerprint density at radius 2 is 2.20 bits per heavy atom. The van der Waals surface area contributed by atoms with Crippen molar-refractivity contribution < 1.29 is 4.39 Å². The molecule has 0 radical (unpaired) electrons. The van der Waals surface area contributed by atoms with Gasteiger partial charge in [0.15, 0.2) is 0 Å². The Morgan fingerprint density at radius 3 is 2.96 bits per heavy atom. The third-order valence-electron chi connectivity index (χ3n) is 4.31. The van der Waals surface area contributed by atoms with E-state index < -0.39 is 0 Å². The van der Waals surface area contributed by atoms with Crippen LogP contribution in [-0.4, -0.2) is 43.2 Å². The van der Waals surface area contributed by atoms with Crippen LogP contribution < -0.4 is 15.1 Å². The number of benzene rings is 1. The molecule has 1 fully saturated rings. The summed E-state index contributed by atoms with van der Waals surface area (Å²) in [5.41, 5.74) is 0.769. The Balaban J connectivity index is 1.76. The van der Waals surface area contributed by atoms with Gasteiger partial charge >= 0.3 is 0 Å². The second kappa shape index (κ2) is 7.34. The Kier molecular flexibility index (Phi) is 4.98. The average molecular weight is 340 g/mol. The third kappa shape index (κ3) is 3.79. The second-order valence-electron chi connectivity index (χ2n) is 6.33. The van der Waals surface area contributed by atoms with Crippen molar-refractivity contribution in [2.45, 2.75) is 18.9 Å². The zero-order chi connectivity index (χ0) is 17.8. The van der Waals surface area contributed by atoms with Crippen LogP contribution in [0.15, 0.2) is 30.6 Å². The molecule has 130 valence electrons. The number of para-hydroxylation sites is 1. The van der Waals surface area contributed by atoms with Crippen LogP contribution in [-0.2, 0) is 0 Å². The van der Waals surface area contributed by atoms with Gasteiger partial charge in [-0.05, 0) is 25.0 Å². The van der Waals surface area contributed by atoms with E-state index in [0.717, 1.165) is 31.0 Å². The average Bonchev–Trinajstić information content (AvgIpc) is 2.62. The van der Waals surface area contributed by atoms with Gasteiger partial charge < -0.3 is 15.1 Å². The zero-order valence-corrected chi connectivity index (χ0v) is 14.4. The highest BCUT2D eigenvalue weighted by Gasteiger charge is 2.24. The summed E-state index contributed by atoms with van der Waals surface area (Å²) in [5.74, 6) is 1.22. The van der Waals surface area contributed by atoms with E-state index in [1.54, 1.807) is 12.1 Å². The van der Waals surface area contributed by atoms with Crippen molar-refractivity contribution in [2.24, 2.45) is 0 Å². The summed E-state index contributed by atoms with van der Waals surface area (Å²) in [6, 6.07) is 8.74. The Hall–Kier alpha value is -2.88. The van der Waals surface area contributed by atoms with Crippen LogP contribution in [0.2, 0.25) is 0 Å². The molecule has 0 spiro atoms. The molecule has 0 bridgehead atoms. The second-order valence-corrected chi connectivity index (χ2v) is 6.33. The highest BCUT2D eigenvalue weighted by Crippen LogP contribution is 2.28. The fourth-order valence-electron chi connectivity index (χ4n) is 3.10. The first-order valence-electron chi connectivity index (χ1n) is 8.28. The first kappa shape index (κ1) is 17.0. The SMILES string of the molecule is CN(C)c1cc(NC2CCCN(c3c(F)cccc3C#N)C2)ncn1. The first-order chi connectivity index (χ1) is 12.1. The Labute approximate surface area is 146 Å². The molecule has 1 aromatic heterocycles. The standard InChI is InChI=1S/C18H21FN6/c1-24(2)17-9-16(21-12-22-17)23-14-6-4-8-25(11-14)18-13(10-20)5-3-7-15(18)19/h3,5,7,9,12,14H,4,6,8,11H2,1-2H3,(H,21,22,23). The molecule has 1 aromatic carbocycles. The normalized spacial score (nSPS) is 17.0. The molecule has 7 heteroatoms. The van der Waals surface area contributed by atoms with Gasteiger partial charge in [-0.15, -0.1) is 0 Å². The van der Waals surface area contributed by atoms with Crippen LogP contribution in [0.1, 0.15) is 18.4 Å². The number of anilines is 3. The van der Waals surface area contributed by atoms with Crippen LogP contribution in [0.5, 0.6) is 0 Å². The predicted molar refractivity (Wildman–Crippen MR) is 96.3 cm³/mol. The van der Waals surface area contributed by atoms with E-state index in [4.69, 9.17) is 0 Å². The summed E-state index contributed by atoms with van der Waals surface area (Å²) in [6.45, 7) is 1.36. The van der Waals surface area contributed by atoms with Crippen LogP contribution in [0.25, 0.3) is 0 Å². The Bertz CT molecular complexity index is 785. The highest BCUT2D eigenvalue weighted by atomic mass is 19.1. The number of nitrogens with zero attached hydrogens (tertiary/aromatic N) is 5. The van der Waals surface area contributed by atoms with Gasteiger partial charge in [0.2, 0.25) is 0 Å². The number of aromatic nitrogens is 2. The molecule has 1 aliphatic rings. The molecule has 1 saturated heterocycles. The van der Waals surface area contributed by atoms with E-state index in [1.807, 2.05) is 30.0 Å². The van der Waals surface area contributed by atoms with E-state index in [9.17, 15) is 9.65 Å². The lowest BCUT2D eigenvalue weighted by Crippen LogP contribution is -2.43. The minimum absolute atomic E-state index is 0.129. The van der Waals surface area contributed by atoms with Gasteiger partial charge in [-0.2, -0.15) is 5.26 Å². The molecule has 25 heavy (non-hydrogen) atoms. The van der Waals surface area contributed by atoms with E-state index in [2.05, 4.69) is 21.4 Å². The molecule has 2 aromatic rings. The molecule has 1 atom stereocenters. The zero-order valence-electron chi connectivity index (χ0n) is 14.4. The number of nitrogens with one attached hydrogen (secondary N) is 1. The smallest absolute Gasteiger partial charge is 0.147 e. The highest BCUT2D eigenvalue weighted by molar-refractivity contribution is 5.61. The van der Waals surface area contributed by atoms with Crippen molar-refractivity contribution in [1.82, 2.24) is 9.97 Å². The fourth-order valence-corrected chi connectivity index (χ4v) is 3.10. The number of hydrogen-bond donors (Lipinski definition) is 1. The molecule has 0 saturated carbocycles. The predicted octanol–water partition coefficient (Wildman–Crippen LogP) is 2.63. The summed E-state index contributed by atoms with van der Waals surface area (Å²) in [7, 11) is 3.85. The monoisotopic (exact) mass is 340 g/mol. The summed E-state index contributed by atoms with van der Waals surface area (Å²) < 4.78 is 14.3. The minimum atomic E-state index is -0.350. The van der Waals surface area contributed by atoms with E-state index >= 15 is 0 Å². The summed E-state index contributed by atoms with van der Waals surface area (Å²) >= 11 is 0. The topological polar surface area (TPSA) is 68.1 Å². The maximum atomic E-state index is 14.3. The lowest BCUT2D eigenvalue weighted by molar-refractivity contribution is 0.517. The van der Waals surface area contributed by atoms with Crippen molar-refractivity contribution in [2.75, 3.05) is 42.3 Å². The molecule has 6 nitrogen and oxygen atoms in total. The number of rotatable bonds is 4. The number of halogens is 1.